The number of nitrogens with one attached hydrogen (secondary N) is 1. The Hall–Kier alpha value is -2.62. The van der Waals surface area contributed by atoms with E-state index in [0.717, 1.165) is 19.0 Å². The van der Waals surface area contributed by atoms with Crippen molar-refractivity contribution in [2.24, 2.45) is 11.8 Å². The van der Waals surface area contributed by atoms with E-state index in [-0.39, 0.29) is 28.3 Å². The van der Waals surface area contributed by atoms with Crippen LogP contribution in [0.1, 0.15) is 41.7 Å². The molecule has 2 aromatic carbocycles. The Balaban J connectivity index is 1.31. The Labute approximate surface area is 214 Å². The van der Waals surface area contributed by atoms with Crippen LogP contribution >= 0.6 is 23.4 Å². The summed E-state index contributed by atoms with van der Waals surface area (Å²) in [4.78, 5) is 17.5. The van der Waals surface area contributed by atoms with Crippen LogP contribution in [0.3, 0.4) is 0 Å². The van der Waals surface area contributed by atoms with Crippen molar-refractivity contribution in [3.63, 3.8) is 0 Å². The SMILES string of the molecule is O=C(Nc1cc(F)c(F)c(F)c1)c1ccc(Cl)c(SC2CC3CC[C@@H](C2)C3(O)c2ccc(F)cn2)c1. The molecule has 1 aromatic heterocycles. The van der Waals surface area contributed by atoms with Crippen LogP contribution in [-0.2, 0) is 5.60 Å². The molecule has 0 aliphatic heterocycles. The van der Waals surface area contributed by atoms with Gasteiger partial charge in [0.15, 0.2) is 17.5 Å². The minimum Gasteiger partial charge on any atom is -0.383 e. The molecule has 2 saturated carbocycles. The number of halogens is 5. The van der Waals surface area contributed by atoms with Gasteiger partial charge in [0.2, 0.25) is 0 Å². The van der Waals surface area contributed by atoms with E-state index in [1.54, 1.807) is 18.2 Å². The summed E-state index contributed by atoms with van der Waals surface area (Å²) in [6, 6.07) is 8.93. The number of aromatic nitrogens is 1. The van der Waals surface area contributed by atoms with Crippen molar-refractivity contribution in [1.82, 2.24) is 4.98 Å². The van der Waals surface area contributed by atoms with Crippen LogP contribution < -0.4 is 5.32 Å². The lowest BCUT2D eigenvalue weighted by Crippen LogP contribution is -2.43. The van der Waals surface area contributed by atoms with Crippen LogP contribution in [-0.4, -0.2) is 21.2 Å². The lowest BCUT2D eigenvalue weighted by molar-refractivity contribution is -0.0677. The van der Waals surface area contributed by atoms with E-state index in [0.29, 0.717) is 40.6 Å². The fourth-order valence-corrected chi connectivity index (χ4v) is 7.02. The third kappa shape index (κ3) is 4.60. The van der Waals surface area contributed by atoms with E-state index in [2.05, 4.69) is 10.3 Å². The van der Waals surface area contributed by atoms with Crippen molar-refractivity contribution in [2.75, 3.05) is 5.32 Å². The maximum absolute atomic E-state index is 13.5. The summed E-state index contributed by atoms with van der Waals surface area (Å²) >= 11 is 7.91. The fraction of sp³-hybridized carbons (Fsp3) is 0.308. The molecular weight excluding hydrogens is 516 g/mol. The largest absolute Gasteiger partial charge is 0.383 e. The molecule has 188 valence electrons. The molecule has 4 nitrogen and oxygen atoms in total. The number of fused-ring (bicyclic) bond motifs is 2. The molecule has 3 aromatic rings. The number of anilines is 1. The molecule has 2 N–H and O–H groups in total. The Morgan fingerprint density at radius 3 is 2.31 bits per heavy atom. The second-order valence-corrected chi connectivity index (χ2v) is 11.0. The van der Waals surface area contributed by atoms with Crippen molar-refractivity contribution in [1.29, 1.82) is 0 Å². The first kappa shape index (κ1) is 25.0. The molecule has 2 aliphatic rings. The van der Waals surface area contributed by atoms with Gasteiger partial charge < -0.3 is 10.4 Å². The monoisotopic (exact) mass is 536 g/mol. The zero-order valence-electron chi connectivity index (χ0n) is 18.8. The summed E-state index contributed by atoms with van der Waals surface area (Å²) in [5.74, 6) is -5.57. The number of benzene rings is 2. The van der Waals surface area contributed by atoms with Crippen molar-refractivity contribution in [3.8, 4) is 0 Å². The first-order valence-electron chi connectivity index (χ1n) is 11.4. The van der Waals surface area contributed by atoms with Gasteiger partial charge in [-0.1, -0.05) is 11.6 Å². The average Bonchev–Trinajstić information content (AvgIpc) is 3.01. The lowest BCUT2D eigenvalue weighted by atomic mass is 9.72. The zero-order valence-corrected chi connectivity index (χ0v) is 20.4. The normalized spacial score (nSPS) is 25.1. The minimum atomic E-state index is -1.61. The second kappa shape index (κ2) is 9.68. The van der Waals surface area contributed by atoms with Crippen LogP contribution in [0.25, 0.3) is 0 Å². The predicted molar refractivity (Wildman–Crippen MR) is 129 cm³/mol. The molecule has 2 aliphatic carbocycles. The van der Waals surface area contributed by atoms with E-state index in [4.69, 9.17) is 11.6 Å². The van der Waals surface area contributed by atoms with Crippen LogP contribution in [0.2, 0.25) is 5.02 Å². The van der Waals surface area contributed by atoms with Crippen molar-refractivity contribution < 1.29 is 27.5 Å². The minimum absolute atomic E-state index is 0.0414. The van der Waals surface area contributed by atoms with Gasteiger partial charge >= 0.3 is 0 Å². The van der Waals surface area contributed by atoms with E-state index < -0.39 is 34.8 Å². The Bertz CT molecular complexity index is 1290. The van der Waals surface area contributed by atoms with Gasteiger partial charge in [0, 0.05) is 33.5 Å². The van der Waals surface area contributed by atoms with Gasteiger partial charge in [-0.25, -0.2) is 17.6 Å². The summed E-state index contributed by atoms with van der Waals surface area (Å²) in [6.07, 6.45) is 4.17. The number of hydrogen-bond donors (Lipinski definition) is 2. The number of carbonyl (C=O) groups excluding carboxylic acids is 1. The molecule has 1 heterocycles. The van der Waals surface area contributed by atoms with Gasteiger partial charge in [0.05, 0.1) is 16.9 Å². The van der Waals surface area contributed by atoms with E-state index >= 15 is 0 Å². The smallest absolute Gasteiger partial charge is 0.255 e. The van der Waals surface area contributed by atoms with Crippen molar-refractivity contribution in [3.05, 3.63) is 88.2 Å². The Morgan fingerprint density at radius 1 is 1.03 bits per heavy atom. The van der Waals surface area contributed by atoms with Gasteiger partial charge in [-0.2, -0.15) is 0 Å². The summed E-state index contributed by atoms with van der Waals surface area (Å²) in [5, 5.41) is 14.5. The molecule has 5 rings (SSSR count). The van der Waals surface area contributed by atoms with Crippen LogP contribution in [0.4, 0.5) is 23.2 Å². The Kier molecular flexibility index (Phi) is 6.74. The molecule has 3 unspecified atom stereocenters. The third-order valence-electron chi connectivity index (χ3n) is 7.07. The highest BCUT2D eigenvalue weighted by Gasteiger charge is 2.55. The summed E-state index contributed by atoms with van der Waals surface area (Å²) in [6.45, 7) is 0. The number of rotatable bonds is 5. The quantitative estimate of drug-likeness (QED) is 0.281. The molecule has 2 bridgehead atoms. The number of nitrogens with zero attached hydrogens (tertiary/aromatic N) is 1. The highest BCUT2D eigenvalue weighted by Crippen LogP contribution is 2.57. The van der Waals surface area contributed by atoms with Gasteiger partial charge in [0.1, 0.15) is 11.4 Å². The number of aliphatic hydroxyl groups is 1. The third-order valence-corrected chi connectivity index (χ3v) is 8.82. The van der Waals surface area contributed by atoms with Gasteiger partial charge in [0.25, 0.3) is 5.91 Å². The maximum atomic E-state index is 13.5. The number of pyridine rings is 1. The maximum Gasteiger partial charge on any atom is 0.255 e. The van der Waals surface area contributed by atoms with Crippen LogP contribution in [0, 0.1) is 35.1 Å². The number of thioether (sulfide) groups is 1. The second-order valence-electron chi connectivity index (χ2n) is 9.22. The predicted octanol–water partition coefficient (Wildman–Crippen LogP) is 6.71. The van der Waals surface area contributed by atoms with Gasteiger partial charge in [-0.15, -0.1) is 11.8 Å². The molecule has 0 radical (unpaired) electrons. The topological polar surface area (TPSA) is 62.2 Å². The number of amides is 1. The number of hydrogen-bond acceptors (Lipinski definition) is 4. The van der Waals surface area contributed by atoms with Gasteiger partial charge in [-0.05, 0) is 67.9 Å². The van der Waals surface area contributed by atoms with Gasteiger partial charge in [-0.3, -0.25) is 9.78 Å². The highest BCUT2D eigenvalue weighted by atomic mass is 35.5. The number of carbonyl (C=O) groups is 1. The van der Waals surface area contributed by atoms with Crippen LogP contribution in [0.15, 0.2) is 53.6 Å². The first-order chi connectivity index (χ1) is 17.1. The molecule has 36 heavy (non-hydrogen) atoms. The van der Waals surface area contributed by atoms with E-state index in [9.17, 15) is 27.5 Å². The summed E-state index contributed by atoms with van der Waals surface area (Å²) in [5.41, 5.74) is -0.600. The molecule has 4 atom stereocenters. The first-order valence-corrected chi connectivity index (χ1v) is 12.7. The van der Waals surface area contributed by atoms with E-state index in [1.807, 2.05) is 0 Å². The average molecular weight is 537 g/mol. The molecule has 2 fully saturated rings. The van der Waals surface area contributed by atoms with Crippen LogP contribution in [0.5, 0.6) is 0 Å². The highest BCUT2D eigenvalue weighted by molar-refractivity contribution is 8.00. The van der Waals surface area contributed by atoms with Crippen molar-refractivity contribution >= 4 is 35.0 Å². The molecule has 0 saturated heterocycles. The Morgan fingerprint density at radius 2 is 1.69 bits per heavy atom. The zero-order chi connectivity index (χ0) is 25.6. The fourth-order valence-electron chi connectivity index (χ4n) is 5.37. The standard InChI is InChI=1S/C26H21ClF4N2O2S/c27-19-5-1-13(25(34)33-17-10-20(29)24(31)21(30)11-17)7-22(19)36-18-8-14-2-3-15(9-18)26(14,35)23-6-4-16(28)12-32-23/h1,4-7,10-12,14-15,18,35H,2-3,8-9H2,(H,33,34)/t14-,15?,18?,26?/m0/s1. The molecular formula is C26H21ClF4N2O2S. The molecule has 10 heteroatoms. The molecule has 1 amide bonds. The van der Waals surface area contributed by atoms with E-state index in [1.165, 1.54) is 23.9 Å². The summed E-state index contributed by atoms with van der Waals surface area (Å²) < 4.78 is 53.5. The lowest BCUT2D eigenvalue weighted by Gasteiger charge is -2.42. The van der Waals surface area contributed by atoms with Crippen molar-refractivity contribution in [2.45, 2.75) is 41.4 Å². The summed E-state index contributed by atoms with van der Waals surface area (Å²) in [7, 11) is 0. The molecule has 0 spiro atoms.